The third-order valence-electron chi connectivity index (χ3n) is 2.56. The van der Waals surface area contributed by atoms with Crippen LogP contribution in [0.5, 0.6) is 0 Å². The van der Waals surface area contributed by atoms with E-state index in [-0.39, 0.29) is 4.90 Å². The van der Waals surface area contributed by atoms with Crippen molar-refractivity contribution in [2.45, 2.75) is 18.7 Å². The molecule has 0 aliphatic rings. The van der Waals surface area contributed by atoms with Gasteiger partial charge in [-0.1, -0.05) is 17.7 Å². The van der Waals surface area contributed by atoms with Crippen molar-refractivity contribution >= 4 is 21.6 Å². The van der Waals surface area contributed by atoms with Crippen molar-refractivity contribution in [3.8, 4) is 5.69 Å². The quantitative estimate of drug-likeness (QED) is 0.914. The van der Waals surface area contributed by atoms with Crippen molar-refractivity contribution < 1.29 is 8.42 Å². The second-order valence-corrected chi connectivity index (χ2v) is 5.87. The summed E-state index contributed by atoms with van der Waals surface area (Å²) in [5.41, 5.74) is 1.53. The maximum atomic E-state index is 11.5. The van der Waals surface area contributed by atoms with Crippen LogP contribution in [0.1, 0.15) is 11.4 Å². The molecule has 0 unspecified atom stereocenters. The summed E-state index contributed by atoms with van der Waals surface area (Å²) in [5.74, 6) is 0. The molecule has 0 fully saturated rings. The van der Waals surface area contributed by atoms with Gasteiger partial charge in [0.15, 0.2) is 0 Å². The largest absolute Gasteiger partial charge is 0.241 e. The molecule has 1 aromatic carbocycles. The molecule has 2 N–H and O–H groups in total. The van der Waals surface area contributed by atoms with Gasteiger partial charge in [-0.15, -0.1) is 0 Å². The van der Waals surface area contributed by atoms with Crippen molar-refractivity contribution in [2.24, 2.45) is 5.14 Å². The molecule has 5 nitrogen and oxygen atoms in total. The maximum absolute atomic E-state index is 11.5. The molecule has 0 amide bonds. The maximum Gasteiger partial charge on any atom is 0.241 e. The van der Waals surface area contributed by atoms with Crippen molar-refractivity contribution in [3.05, 3.63) is 40.7 Å². The van der Waals surface area contributed by atoms with Crippen LogP contribution in [0.25, 0.3) is 5.69 Å². The molecule has 18 heavy (non-hydrogen) atoms. The van der Waals surface area contributed by atoms with E-state index >= 15 is 0 Å². The van der Waals surface area contributed by atoms with E-state index in [0.29, 0.717) is 22.1 Å². The fourth-order valence-electron chi connectivity index (χ4n) is 1.90. The number of hydrogen-bond acceptors (Lipinski definition) is 3. The van der Waals surface area contributed by atoms with Crippen molar-refractivity contribution in [3.63, 3.8) is 0 Å². The van der Waals surface area contributed by atoms with Crippen LogP contribution >= 0.6 is 11.6 Å². The lowest BCUT2D eigenvalue weighted by molar-refractivity contribution is 0.596. The molecule has 96 valence electrons. The number of sulfonamides is 1. The van der Waals surface area contributed by atoms with E-state index in [9.17, 15) is 8.42 Å². The van der Waals surface area contributed by atoms with Gasteiger partial charge < -0.3 is 0 Å². The second-order valence-electron chi connectivity index (χ2n) is 3.94. The molecule has 0 bridgehead atoms. The van der Waals surface area contributed by atoms with Crippen molar-refractivity contribution in [2.75, 3.05) is 0 Å². The summed E-state index contributed by atoms with van der Waals surface area (Å²) in [6.45, 7) is 3.26. The van der Waals surface area contributed by atoms with Crippen LogP contribution in [0.2, 0.25) is 5.02 Å². The van der Waals surface area contributed by atoms with Crippen LogP contribution < -0.4 is 5.14 Å². The van der Waals surface area contributed by atoms with Crippen molar-refractivity contribution in [1.82, 2.24) is 9.78 Å². The number of nitrogens with two attached hydrogens (primary N) is 1. The van der Waals surface area contributed by atoms with Crippen LogP contribution in [0.4, 0.5) is 0 Å². The zero-order chi connectivity index (χ0) is 13.5. The Morgan fingerprint density at radius 2 is 2.00 bits per heavy atom. The number of halogens is 1. The highest BCUT2D eigenvalue weighted by Crippen LogP contribution is 2.22. The van der Waals surface area contributed by atoms with Crippen LogP contribution in [0, 0.1) is 13.8 Å². The lowest BCUT2D eigenvalue weighted by Crippen LogP contribution is -2.14. The van der Waals surface area contributed by atoms with Gasteiger partial charge in [-0.3, -0.25) is 0 Å². The predicted molar refractivity (Wildman–Crippen MR) is 69.4 cm³/mol. The first kappa shape index (κ1) is 13.1. The van der Waals surface area contributed by atoms with Gasteiger partial charge in [0.1, 0.15) is 4.90 Å². The Kier molecular flexibility index (Phi) is 3.18. The smallest absolute Gasteiger partial charge is 0.236 e. The standard InChI is InChI=1S/C11H12ClN3O2S/c1-7-11(18(13,16)17)8(2)15(14-7)10-5-3-4-9(12)6-10/h3-6H,1-2H3,(H2,13,16,17). The van der Waals surface area contributed by atoms with Gasteiger partial charge in [-0.25, -0.2) is 18.2 Å². The third kappa shape index (κ3) is 2.27. The summed E-state index contributed by atoms with van der Waals surface area (Å²) in [6.07, 6.45) is 0. The first-order chi connectivity index (χ1) is 8.30. The van der Waals surface area contributed by atoms with Gasteiger partial charge in [-0.05, 0) is 32.0 Å². The first-order valence-electron chi connectivity index (χ1n) is 5.15. The highest BCUT2D eigenvalue weighted by atomic mass is 35.5. The highest BCUT2D eigenvalue weighted by molar-refractivity contribution is 7.89. The van der Waals surface area contributed by atoms with E-state index in [1.54, 1.807) is 38.1 Å². The average molecular weight is 286 g/mol. The van der Waals surface area contributed by atoms with E-state index in [2.05, 4.69) is 5.10 Å². The fraction of sp³-hybridized carbons (Fsp3) is 0.182. The van der Waals surface area contributed by atoms with Gasteiger partial charge in [0.25, 0.3) is 0 Å². The lowest BCUT2D eigenvalue weighted by atomic mass is 10.3. The molecule has 0 radical (unpaired) electrons. The molecule has 2 rings (SSSR count). The molecule has 0 aliphatic carbocycles. The Morgan fingerprint density at radius 1 is 1.33 bits per heavy atom. The minimum atomic E-state index is -3.78. The number of hydrogen-bond donors (Lipinski definition) is 1. The van der Waals surface area contributed by atoms with Gasteiger partial charge in [0, 0.05) is 5.02 Å². The van der Waals surface area contributed by atoms with Crippen LogP contribution in [-0.2, 0) is 10.0 Å². The van der Waals surface area contributed by atoms with E-state index in [1.165, 1.54) is 4.68 Å². The Bertz CT molecular complexity index is 707. The summed E-state index contributed by atoms with van der Waals surface area (Å²) in [7, 11) is -3.78. The van der Waals surface area contributed by atoms with Gasteiger partial charge in [0.05, 0.1) is 17.1 Å². The molecular weight excluding hydrogens is 274 g/mol. The number of benzene rings is 1. The number of rotatable bonds is 2. The number of aryl methyl sites for hydroxylation is 1. The summed E-state index contributed by atoms with van der Waals surface area (Å²) in [4.78, 5) is 0.0578. The van der Waals surface area contributed by atoms with Crippen LogP contribution in [0.15, 0.2) is 29.2 Å². The summed E-state index contributed by atoms with van der Waals surface area (Å²) < 4.78 is 24.5. The van der Waals surface area contributed by atoms with Gasteiger partial charge in [0.2, 0.25) is 10.0 Å². The first-order valence-corrected chi connectivity index (χ1v) is 7.08. The Morgan fingerprint density at radius 3 is 2.50 bits per heavy atom. The van der Waals surface area contributed by atoms with Crippen LogP contribution in [0.3, 0.4) is 0 Å². The molecular formula is C11H12ClN3O2S. The van der Waals surface area contributed by atoms with Gasteiger partial charge in [-0.2, -0.15) is 5.10 Å². The minimum Gasteiger partial charge on any atom is -0.236 e. The lowest BCUT2D eigenvalue weighted by Gasteiger charge is -2.05. The second kappa shape index (κ2) is 4.38. The topological polar surface area (TPSA) is 78.0 Å². The zero-order valence-corrected chi connectivity index (χ0v) is 11.5. The monoisotopic (exact) mass is 285 g/mol. The summed E-state index contributed by atoms with van der Waals surface area (Å²) in [6, 6.07) is 6.99. The SMILES string of the molecule is Cc1nn(-c2cccc(Cl)c2)c(C)c1S(N)(=O)=O. The molecule has 2 aromatic rings. The summed E-state index contributed by atoms with van der Waals surface area (Å²) >= 11 is 5.90. The Labute approximate surface area is 110 Å². The van der Waals surface area contributed by atoms with E-state index in [4.69, 9.17) is 16.7 Å². The Hall–Kier alpha value is -1.37. The number of nitrogens with zero attached hydrogens (tertiary/aromatic N) is 2. The molecule has 1 heterocycles. The zero-order valence-electron chi connectivity index (χ0n) is 9.88. The van der Waals surface area contributed by atoms with E-state index in [1.807, 2.05) is 0 Å². The van der Waals surface area contributed by atoms with Crippen LogP contribution in [-0.4, -0.2) is 18.2 Å². The summed E-state index contributed by atoms with van der Waals surface area (Å²) in [5, 5.41) is 9.91. The third-order valence-corrected chi connectivity index (χ3v) is 3.96. The fourth-order valence-corrected chi connectivity index (χ4v) is 3.03. The number of primary sulfonamides is 1. The van der Waals surface area contributed by atoms with E-state index < -0.39 is 10.0 Å². The molecule has 0 saturated heterocycles. The molecule has 0 spiro atoms. The Balaban J connectivity index is 2.69. The van der Waals surface area contributed by atoms with E-state index in [0.717, 1.165) is 0 Å². The minimum absolute atomic E-state index is 0.0578. The molecule has 7 heteroatoms. The average Bonchev–Trinajstić information content (AvgIpc) is 2.53. The molecule has 0 saturated carbocycles. The predicted octanol–water partition coefficient (Wildman–Crippen LogP) is 1.79. The molecule has 0 aliphatic heterocycles. The normalized spacial score (nSPS) is 11.8. The molecule has 0 atom stereocenters. The van der Waals surface area contributed by atoms with Crippen molar-refractivity contribution in [1.29, 1.82) is 0 Å². The number of aromatic nitrogens is 2. The highest BCUT2D eigenvalue weighted by Gasteiger charge is 2.21. The van der Waals surface area contributed by atoms with Gasteiger partial charge >= 0.3 is 0 Å². The molecule has 1 aromatic heterocycles.